The number of aromatic nitrogens is 2. The normalized spacial score (nSPS) is 14.2. The van der Waals surface area contributed by atoms with Gasteiger partial charge in [-0.1, -0.05) is 18.2 Å². The number of carbonyl (C=O) groups excluding carboxylic acids is 3. The first-order valence-electron chi connectivity index (χ1n) is 9.49. The molecule has 2 heterocycles. The van der Waals surface area contributed by atoms with Gasteiger partial charge in [0.1, 0.15) is 5.57 Å². The van der Waals surface area contributed by atoms with Crippen molar-refractivity contribution in [1.82, 2.24) is 19.6 Å². The SMILES string of the molecule is CN1C(=O)C(=Cc2cn(-c3ccccc3)nc2-c2ccc([N+](=O)[O-])cc2)C(=O)N(C)C1=O. The van der Waals surface area contributed by atoms with E-state index in [1.807, 2.05) is 30.3 Å². The summed E-state index contributed by atoms with van der Waals surface area (Å²) in [6, 6.07) is 14.3. The van der Waals surface area contributed by atoms with Crippen LogP contribution < -0.4 is 0 Å². The summed E-state index contributed by atoms with van der Waals surface area (Å²) in [5.41, 5.74) is 1.90. The first-order chi connectivity index (χ1) is 15.3. The number of para-hydroxylation sites is 1. The van der Waals surface area contributed by atoms with Crippen molar-refractivity contribution in [1.29, 1.82) is 0 Å². The smallest absolute Gasteiger partial charge is 0.268 e. The van der Waals surface area contributed by atoms with Crippen molar-refractivity contribution in [2.24, 2.45) is 0 Å². The lowest BCUT2D eigenvalue weighted by molar-refractivity contribution is -0.384. The molecule has 0 spiro atoms. The Bertz CT molecular complexity index is 1250. The third-order valence-electron chi connectivity index (χ3n) is 5.06. The van der Waals surface area contributed by atoms with Crippen LogP contribution in [0.3, 0.4) is 0 Å². The Morgan fingerprint density at radius 2 is 1.50 bits per heavy atom. The van der Waals surface area contributed by atoms with Crippen LogP contribution in [0.25, 0.3) is 23.0 Å². The summed E-state index contributed by atoms with van der Waals surface area (Å²) in [7, 11) is 2.60. The molecule has 1 aliphatic heterocycles. The van der Waals surface area contributed by atoms with Crippen LogP contribution in [0.2, 0.25) is 0 Å². The van der Waals surface area contributed by atoms with Gasteiger partial charge >= 0.3 is 6.03 Å². The molecule has 4 rings (SSSR count). The van der Waals surface area contributed by atoms with Crippen molar-refractivity contribution in [3.05, 3.63) is 82.0 Å². The molecule has 0 saturated carbocycles. The number of barbiturate groups is 1. The minimum atomic E-state index is -0.722. The highest BCUT2D eigenvalue weighted by Gasteiger charge is 2.38. The Morgan fingerprint density at radius 1 is 0.906 bits per heavy atom. The van der Waals surface area contributed by atoms with E-state index >= 15 is 0 Å². The van der Waals surface area contributed by atoms with Crippen LogP contribution in [0.1, 0.15) is 5.56 Å². The van der Waals surface area contributed by atoms with Crippen LogP contribution >= 0.6 is 0 Å². The molecule has 0 radical (unpaired) electrons. The van der Waals surface area contributed by atoms with Gasteiger partial charge in [0.25, 0.3) is 17.5 Å². The lowest BCUT2D eigenvalue weighted by atomic mass is 10.0. The molecular weight excluding hydrogens is 414 g/mol. The molecule has 32 heavy (non-hydrogen) atoms. The Kier molecular flexibility index (Phi) is 5.11. The highest BCUT2D eigenvalue weighted by atomic mass is 16.6. The Morgan fingerprint density at radius 3 is 2.06 bits per heavy atom. The third-order valence-corrected chi connectivity index (χ3v) is 5.06. The maximum Gasteiger partial charge on any atom is 0.333 e. The fourth-order valence-electron chi connectivity index (χ4n) is 3.30. The molecule has 0 atom stereocenters. The summed E-state index contributed by atoms with van der Waals surface area (Å²) in [4.78, 5) is 49.5. The quantitative estimate of drug-likeness (QED) is 0.271. The molecule has 10 nitrogen and oxygen atoms in total. The molecule has 1 fully saturated rings. The van der Waals surface area contributed by atoms with Gasteiger partial charge < -0.3 is 0 Å². The second-order valence-corrected chi connectivity index (χ2v) is 7.09. The number of nitrogens with zero attached hydrogens (tertiary/aromatic N) is 5. The van der Waals surface area contributed by atoms with Crippen molar-refractivity contribution in [3.8, 4) is 16.9 Å². The highest BCUT2D eigenvalue weighted by molar-refractivity contribution is 6.30. The number of benzene rings is 2. The van der Waals surface area contributed by atoms with Gasteiger partial charge in [-0.25, -0.2) is 9.48 Å². The molecule has 4 amide bonds. The molecule has 160 valence electrons. The molecule has 0 bridgehead atoms. The summed E-state index contributed by atoms with van der Waals surface area (Å²) in [5, 5.41) is 15.6. The number of amides is 4. The lowest BCUT2D eigenvalue weighted by Gasteiger charge is -2.28. The zero-order valence-corrected chi connectivity index (χ0v) is 17.1. The van der Waals surface area contributed by atoms with Gasteiger partial charge in [-0.3, -0.25) is 29.5 Å². The van der Waals surface area contributed by atoms with E-state index in [4.69, 9.17) is 0 Å². The minimum absolute atomic E-state index is 0.0736. The van der Waals surface area contributed by atoms with Crippen LogP contribution in [-0.2, 0) is 9.59 Å². The van der Waals surface area contributed by atoms with E-state index in [2.05, 4.69) is 5.10 Å². The number of likely N-dealkylation sites (N-methyl/N-ethyl adjacent to an activating group) is 2. The fourth-order valence-corrected chi connectivity index (χ4v) is 3.30. The Hall–Kier alpha value is -4.60. The van der Waals surface area contributed by atoms with Gasteiger partial charge in [0, 0.05) is 43.6 Å². The van der Waals surface area contributed by atoms with Crippen molar-refractivity contribution >= 4 is 29.6 Å². The van der Waals surface area contributed by atoms with Gasteiger partial charge in [0.15, 0.2) is 0 Å². The van der Waals surface area contributed by atoms with E-state index in [0.29, 0.717) is 16.8 Å². The number of carbonyl (C=O) groups is 3. The van der Waals surface area contributed by atoms with Crippen molar-refractivity contribution < 1.29 is 19.3 Å². The first-order valence-corrected chi connectivity index (χ1v) is 9.49. The van der Waals surface area contributed by atoms with Crippen molar-refractivity contribution in [3.63, 3.8) is 0 Å². The zero-order chi connectivity index (χ0) is 23.0. The fraction of sp³-hybridized carbons (Fsp3) is 0.0909. The standard InChI is InChI=1S/C22H17N5O5/c1-24-20(28)18(21(29)25(2)22(24)30)12-15-13-26(16-6-4-3-5-7-16)23-19(15)14-8-10-17(11-9-14)27(31)32/h3-13H,1-2H3. The maximum absolute atomic E-state index is 12.6. The van der Waals surface area contributed by atoms with Crippen molar-refractivity contribution in [2.45, 2.75) is 0 Å². The van der Waals surface area contributed by atoms with Crippen LogP contribution in [0.4, 0.5) is 10.5 Å². The molecule has 1 aromatic heterocycles. The van der Waals surface area contributed by atoms with E-state index in [0.717, 1.165) is 15.5 Å². The Balaban J connectivity index is 1.87. The molecule has 2 aromatic carbocycles. The predicted octanol–water partition coefficient (Wildman–Crippen LogP) is 2.88. The average molecular weight is 431 g/mol. The third kappa shape index (κ3) is 3.54. The lowest BCUT2D eigenvalue weighted by Crippen LogP contribution is -2.52. The van der Waals surface area contributed by atoms with E-state index in [1.54, 1.807) is 23.0 Å². The molecule has 3 aromatic rings. The molecule has 1 aliphatic rings. The topological polar surface area (TPSA) is 119 Å². The second kappa shape index (κ2) is 7.91. The van der Waals surface area contributed by atoms with Crippen LogP contribution in [0.15, 0.2) is 66.4 Å². The summed E-state index contributed by atoms with van der Waals surface area (Å²) in [6.07, 6.45) is 3.03. The average Bonchev–Trinajstić information content (AvgIpc) is 3.24. The minimum Gasteiger partial charge on any atom is -0.268 e. The molecule has 1 saturated heterocycles. The summed E-state index contributed by atoms with van der Waals surface area (Å²) in [5.74, 6) is -1.44. The largest absolute Gasteiger partial charge is 0.333 e. The van der Waals surface area contributed by atoms with E-state index in [1.165, 1.54) is 32.3 Å². The van der Waals surface area contributed by atoms with Gasteiger partial charge in [-0.2, -0.15) is 5.10 Å². The van der Waals surface area contributed by atoms with Gasteiger partial charge in [0.2, 0.25) is 0 Å². The maximum atomic E-state index is 12.6. The number of rotatable bonds is 4. The summed E-state index contributed by atoms with van der Waals surface area (Å²) < 4.78 is 1.58. The molecular formula is C22H17N5O5. The molecule has 0 unspecified atom stereocenters. The van der Waals surface area contributed by atoms with E-state index < -0.39 is 22.8 Å². The van der Waals surface area contributed by atoms with E-state index in [9.17, 15) is 24.5 Å². The number of urea groups is 1. The number of hydrogen-bond acceptors (Lipinski definition) is 6. The summed E-state index contributed by atoms with van der Waals surface area (Å²) >= 11 is 0. The first kappa shape index (κ1) is 20.7. The van der Waals surface area contributed by atoms with Crippen LogP contribution in [0, 0.1) is 10.1 Å². The highest BCUT2D eigenvalue weighted by Crippen LogP contribution is 2.28. The number of hydrogen-bond donors (Lipinski definition) is 0. The molecule has 0 N–H and O–H groups in total. The zero-order valence-electron chi connectivity index (χ0n) is 17.1. The second-order valence-electron chi connectivity index (χ2n) is 7.09. The number of imide groups is 2. The monoisotopic (exact) mass is 431 g/mol. The van der Waals surface area contributed by atoms with Gasteiger partial charge in [0.05, 0.1) is 16.3 Å². The Labute approximate surface area is 182 Å². The van der Waals surface area contributed by atoms with Crippen molar-refractivity contribution in [2.75, 3.05) is 14.1 Å². The van der Waals surface area contributed by atoms with Crippen LogP contribution in [-0.4, -0.2) is 56.4 Å². The molecule has 0 aliphatic carbocycles. The van der Waals surface area contributed by atoms with Gasteiger partial charge in [-0.05, 0) is 30.3 Å². The molecule has 10 heteroatoms. The number of non-ortho nitro benzene ring substituents is 1. The summed E-state index contributed by atoms with van der Waals surface area (Å²) in [6.45, 7) is 0. The number of nitro groups is 1. The predicted molar refractivity (Wildman–Crippen MR) is 115 cm³/mol. The van der Waals surface area contributed by atoms with Gasteiger partial charge in [-0.15, -0.1) is 0 Å². The number of nitro benzene ring substituents is 1. The van der Waals surface area contributed by atoms with Crippen LogP contribution in [0.5, 0.6) is 0 Å². The van der Waals surface area contributed by atoms with E-state index in [-0.39, 0.29) is 11.3 Å².